The monoisotopic (exact) mass is 326 g/mol. The first-order chi connectivity index (χ1) is 11.7. The van der Waals surface area contributed by atoms with Gasteiger partial charge in [0.05, 0.1) is 5.41 Å². The van der Waals surface area contributed by atoms with Gasteiger partial charge in [0, 0.05) is 31.7 Å². The molecule has 0 aromatic heterocycles. The van der Waals surface area contributed by atoms with Crippen LogP contribution >= 0.6 is 0 Å². The molecule has 0 N–H and O–H groups in total. The fourth-order valence-corrected chi connectivity index (χ4v) is 4.27. The van der Waals surface area contributed by atoms with Crippen molar-refractivity contribution in [1.29, 1.82) is 0 Å². The third-order valence-electron chi connectivity index (χ3n) is 6.04. The molecule has 1 aliphatic carbocycles. The van der Waals surface area contributed by atoms with Crippen molar-refractivity contribution in [1.82, 2.24) is 4.90 Å². The Morgan fingerprint density at radius 3 is 2.42 bits per heavy atom. The topological polar surface area (TPSA) is 40.6 Å². The van der Waals surface area contributed by atoms with Gasteiger partial charge in [-0.2, -0.15) is 0 Å². The summed E-state index contributed by atoms with van der Waals surface area (Å²) in [4.78, 5) is 29.5. The lowest BCUT2D eigenvalue weighted by molar-refractivity contribution is -0.140. The second kappa shape index (κ2) is 6.23. The van der Waals surface area contributed by atoms with Crippen molar-refractivity contribution in [2.24, 2.45) is 11.3 Å². The molecule has 0 atom stereocenters. The fraction of sp³-hybridized carbons (Fsp3) is 0.600. The van der Waals surface area contributed by atoms with Crippen LogP contribution in [-0.4, -0.2) is 36.3 Å². The van der Waals surface area contributed by atoms with Crippen LogP contribution in [0.3, 0.4) is 0 Å². The van der Waals surface area contributed by atoms with Gasteiger partial charge >= 0.3 is 0 Å². The van der Waals surface area contributed by atoms with Gasteiger partial charge in [-0.25, -0.2) is 0 Å². The maximum Gasteiger partial charge on any atom is 0.233 e. The molecule has 1 aromatic rings. The third kappa shape index (κ3) is 2.94. The van der Waals surface area contributed by atoms with Crippen molar-refractivity contribution in [2.45, 2.75) is 44.9 Å². The van der Waals surface area contributed by atoms with Gasteiger partial charge in [0.1, 0.15) is 0 Å². The highest BCUT2D eigenvalue weighted by Crippen LogP contribution is 2.42. The Morgan fingerprint density at radius 2 is 1.75 bits per heavy atom. The van der Waals surface area contributed by atoms with Gasteiger partial charge in [0.2, 0.25) is 11.8 Å². The van der Waals surface area contributed by atoms with E-state index in [1.807, 2.05) is 40.1 Å². The van der Waals surface area contributed by atoms with Crippen molar-refractivity contribution in [3.05, 3.63) is 30.3 Å². The van der Waals surface area contributed by atoms with E-state index in [0.717, 1.165) is 57.4 Å². The highest BCUT2D eigenvalue weighted by molar-refractivity contribution is 5.98. The van der Waals surface area contributed by atoms with Crippen molar-refractivity contribution >= 4 is 17.5 Å². The normalized spacial score (nSPS) is 23.6. The number of anilines is 1. The van der Waals surface area contributed by atoms with Gasteiger partial charge in [-0.05, 0) is 56.6 Å². The number of amides is 2. The Hall–Kier alpha value is -1.84. The number of carbonyl (C=O) groups is 2. The van der Waals surface area contributed by atoms with E-state index in [0.29, 0.717) is 11.8 Å². The van der Waals surface area contributed by atoms with E-state index in [-0.39, 0.29) is 11.3 Å². The fourth-order valence-electron chi connectivity index (χ4n) is 4.27. The van der Waals surface area contributed by atoms with Crippen molar-refractivity contribution in [3.63, 3.8) is 0 Å². The van der Waals surface area contributed by atoms with Crippen LogP contribution in [0.1, 0.15) is 44.9 Å². The second-order valence-electron chi connectivity index (χ2n) is 7.70. The SMILES string of the molecule is O=C(CC1CC1)N1CCC2(CCCN(c3ccccc3)C2=O)CC1. The summed E-state index contributed by atoms with van der Waals surface area (Å²) in [5.41, 5.74) is 0.763. The molecule has 4 rings (SSSR count). The maximum atomic E-state index is 13.2. The average Bonchev–Trinajstić information content (AvgIpc) is 3.43. The third-order valence-corrected chi connectivity index (χ3v) is 6.04. The lowest BCUT2D eigenvalue weighted by Gasteiger charge is -2.46. The Morgan fingerprint density at radius 1 is 1.04 bits per heavy atom. The van der Waals surface area contributed by atoms with Crippen LogP contribution in [0.4, 0.5) is 5.69 Å². The lowest BCUT2D eigenvalue weighted by atomic mass is 9.71. The van der Waals surface area contributed by atoms with E-state index in [1.54, 1.807) is 0 Å². The van der Waals surface area contributed by atoms with Gasteiger partial charge in [-0.3, -0.25) is 9.59 Å². The number of hydrogen-bond donors (Lipinski definition) is 0. The van der Waals surface area contributed by atoms with Crippen LogP contribution < -0.4 is 4.90 Å². The molecular weight excluding hydrogens is 300 g/mol. The molecule has 0 radical (unpaired) electrons. The van der Waals surface area contributed by atoms with Crippen molar-refractivity contribution < 1.29 is 9.59 Å². The molecule has 2 amide bonds. The van der Waals surface area contributed by atoms with E-state index in [9.17, 15) is 9.59 Å². The molecule has 1 spiro atoms. The number of likely N-dealkylation sites (tertiary alicyclic amines) is 1. The quantitative estimate of drug-likeness (QED) is 0.856. The Kier molecular flexibility index (Phi) is 4.07. The Labute approximate surface area is 143 Å². The summed E-state index contributed by atoms with van der Waals surface area (Å²) in [6.07, 6.45) is 6.83. The Balaban J connectivity index is 1.43. The highest BCUT2D eigenvalue weighted by atomic mass is 16.2. The van der Waals surface area contributed by atoms with Crippen LogP contribution in [0.2, 0.25) is 0 Å². The van der Waals surface area contributed by atoms with Gasteiger partial charge < -0.3 is 9.80 Å². The van der Waals surface area contributed by atoms with E-state index in [1.165, 1.54) is 12.8 Å². The number of carbonyl (C=O) groups excluding carboxylic acids is 2. The number of hydrogen-bond acceptors (Lipinski definition) is 2. The molecule has 2 heterocycles. The molecule has 0 unspecified atom stereocenters. The highest BCUT2D eigenvalue weighted by Gasteiger charge is 2.46. The maximum absolute atomic E-state index is 13.2. The minimum absolute atomic E-state index is 0.246. The minimum Gasteiger partial charge on any atom is -0.343 e. The summed E-state index contributed by atoms with van der Waals surface area (Å²) in [6.45, 7) is 2.31. The molecular formula is C20H26N2O2. The summed E-state index contributed by atoms with van der Waals surface area (Å²) in [5, 5.41) is 0. The molecule has 3 fully saturated rings. The number of piperidine rings is 2. The van der Waals surface area contributed by atoms with E-state index in [4.69, 9.17) is 0 Å². The largest absolute Gasteiger partial charge is 0.343 e. The predicted molar refractivity (Wildman–Crippen MR) is 93.6 cm³/mol. The van der Waals surface area contributed by atoms with E-state index in [2.05, 4.69) is 0 Å². The summed E-state index contributed by atoms with van der Waals surface area (Å²) >= 11 is 0. The molecule has 1 saturated carbocycles. The van der Waals surface area contributed by atoms with Gasteiger partial charge in [-0.1, -0.05) is 18.2 Å². The standard InChI is InChI=1S/C20H26N2O2/c23-18(15-16-7-8-16)21-13-10-20(11-14-21)9-4-12-22(19(20)24)17-5-2-1-3-6-17/h1-3,5-6,16H,4,7-15H2. The zero-order valence-corrected chi connectivity index (χ0v) is 14.2. The zero-order valence-electron chi connectivity index (χ0n) is 14.2. The molecule has 4 heteroatoms. The van der Waals surface area contributed by atoms with Crippen LogP contribution in [0, 0.1) is 11.3 Å². The molecule has 2 saturated heterocycles. The van der Waals surface area contributed by atoms with Crippen LogP contribution in [0.5, 0.6) is 0 Å². The van der Waals surface area contributed by atoms with Gasteiger partial charge in [0.15, 0.2) is 0 Å². The van der Waals surface area contributed by atoms with Gasteiger partial charge in [-0.15, -0.1) is 0 Å². The molecule has 128 valence electrons. The lowest BCUT2D eigenvalue weighted by Crippen LogP contribution is -2.54. The smallest absolute Gasteiger partial charge is 0.233 e. The Bertz CT molecular complexity index is 616. The van der Waals surface area contributed by atoms with Crippen LogP contribution in [0.15, 0.2) is 30.3 Å². The first-order valence-electron chi connectivity index (χ1n) is 9.33. The minimum atomic E-state index is -0.246. The molecule has 3 aliphatic rings. The van der Waals surface area contributed by atoms with Crippen LogP contribution in [-0.2, 0) is 9.59 Å². The number of para-hydroxylation sites is 1. The summed E-state index contributed by atoms with van der Waals surface area (Å²) in [7, 11) is 0. The average molecular weight is 326 g/mol. The number of rotatable bonds is 3. The molecule has 24 heavy (non-hydrogen) atoms. The number of benzene rings is 1. The van der Waals surface area contributed by atoms with Gasteiger partial charge in [0.25, 0.3) is 0 Å². The molecule has 1 aromatic carbocycles. The summed E-state index contributed by atoms with van der Waals surface area (Å²) in [6, 6.07) is 10.0. The first kappa shape index (κ1) is 15.7. The summed E-state index contributed by atoms with van der Waals surface area (Å²) < 4.78 is 0. The molecule has 2 aliphatic heterocycles. The van der Waals surface area contributed by atoms with Crippen molar-refractivity contribution in [3.8, 4) is 0 Å². The van der Waals surface area contributed by atoms with Crippen molar-refractivity contribution in [2.75, 3.05) is 24.5 Å². The summed E-state index contributed by atoms with van der Waals surface area (Å²) in [5.74, 6) is 1.21. The predicted octanol–water partition coefficient (Wildman–Crippen LogP) is 3.22. The number of nitrogens with zero attached hydrogens (tertiary/aromatic N) is 2. The second-order valence-corrected chi connectivity index (χ2v) is 7.70. The van der Waals surface area contributed by atoms with E-state index >= 15 is 0 Å². The molecule has 4 nitrogen and oxygen atoms in total. The molecule has 0 bridgehead atoms. The zero-order chi connectivity index (χ0) is 16.6. The van der Waals surface area contributed by atoms with Crippen LogP contribution in [0.25, 0.3) is 0 Å². The van der Waals surface area contributed by atoms with E-state index < -0.39 is 0 Å². The first-order valence-corrected chi connectivity index (χ1v) is 9.33.